The van der Waals surface area contributed by atoms with Crippen molar-refractivity contribution in [1.82, 2.24) is 0 Å². The van der Waals surface area contributed by atoms with Crippen molar-refractivity contribution in [3.63, 3.8) is 0 Å². The van der Waals surface area contributed by atoms with Gasteiger partial charge in [-0.25, -0.2) is 0 Å². The first-order valence-corrected chi connectivity index (χ1v) is 6.67. The Morgan fingerprint density at radius 1 is 0.600 bits per heavy atom. The molecule has 3 rings (SSSR count). The predicted molar refractivity (Wildman–Crippen MR) is 83.9 cm³/mol. The Kier molecular flexibility index (Phi) is 3.51. The zero-order valence-corrected chi connectivity index (χ0v) is 11.4. The van der Waals surface area contributed by atoms with E-state index in [0.717, 1.165) is 11.3 Å². The lowest BCUT2D eigenvalue weighted by Crippen LogP contribution is -1.87. The third kappa shape index (κ3) is 2.43. The van der Waals surface area contributed by atoms with E-state index in [-0.39, 0.29) is 0 Å². The zero-order valence-electron chi connectivity index (χ0n) is 11.4. The first-order chi connectivity index (χ1) is 9.88. The molecule has 0 radical (unpaired) electrons. The number of benzene rings is 3. The molecule has 0 N–H and O–H groups in total. The maximum atomic E-state index is 5.45. The first-order valence-electron chi connectivity index (χ1n) is 6.67. The van der Waals surface area contributed by atoms with E-state index in [1.807, 2.05) is 24.3 Å². The first kappa shape index (κ1) is 12.5. The molecule has 0 aliphatic rings. The summed E-state index contributed by atoms with van der Waals surface area (Å²) in [6, 6.07) is 27.0. The molecule has 0 bridgehead atoms. The molecule has 0 amide bonds. The van der Waals surface area contributed by atoms with E-state index in [2.05, 4.69) is 54.6 Å². The van der Waals surface area contributed by atoms with Crippen molar-refractivity contribution >= 4 is 0 Å². The Bertz CT molecular complexity index is 702. The van der Waals surface area contributed by atoms with Gasteiger partial charge in [0.15, 0.2) is 0 Å². The lowest BCUT2D eigenvalue weighted by molar-refractivity contribution is 0.416. The van der Waals surface area contributed by atoms with Crippen LogP contribution in [-0.4, -0.2) is 7.11 Å². The maximum Gasteiger partial charge on any atom is 0.126 e. The van der Waals surface area contributed by atoms with Crippen LogP contribution in [0.5, 0.6) is 5.75 Å². The minimum atomic E-state index is 0.901. The van der Waals surface area contributed by atoms with Crippen molar-refractivity contribution in [2.45, 2.75) is 0 Å². The molecule has 1 nitrogen and oxygen atoms in total. The summed E-state index contributed by atoms with van der Waals surface area (Å²) in [4.78, 5) is 0. The average Bonchev–Trinajstić information content (AvgIpc) is 2.56. The van der Waals surface area contributed by atoms with Crippen LogP contribution in [0.3, 0.4) is 0 Å². The number of hydrogen-bond acceptors (Lipinski definition) is 1. The van der Waals surface area contributed by atoms with Gasteiger partial charge in [-0.1, -0.05) is 66.7 Å². The molecule has 0 saturated heterocycles. The van der Waals surface area contributed by atoms with Gasteiger partial charge in [0, 0.05) is 5.56 Å². The summed E-state index contributed by atoms with van der Waals surface area (Å²) < 4.78 is 5.45. The molecule has 3 aromatic carbocycles. The summed E-state index contributed by atoms with van der Waals surface area (Å²) in [5, 5.41) is 0. The number of methoxy groups -OCH3 is 1. The van der Waals surface area contributed by atoms with Gasteiger partial charge in [-0.2, -0.15) is 0 Å². The second-order valence-electron chi connectivity index (χ2n) is 4.65. The fourth-order valence-electron chi connectivity index (χ4n) is 2.38. The molecule has 0 saturated carbocycles. The average molecular weight is 260 g/mol. The van der Waals surface area contributed by atoms with Crippen LogP contribution in [0.1, 0.15) is 0 Å². The van der Waals surface area contributed by atoms with Gasteiger partial charge in [0.1, 0.15) is 5.75 Å². The van der Waals surface area contributed by atoms with Gasteiger partial charge in [-0.05, 0) is 28.8 Å². The van der Waals surface area contributed by atoms with E-state index in [1.165, 1.54) is 16.7 Å². The number of hydrogen-bond donors (Lipinski definition) is 0. The molecule has 0 aliphatic carbocycles. The van der Waals surface area contributed by atoms with E-state index >= 15 is 0 Å². The Balaban J connectivity index is 2.08. The molecule has 0 aromatic heterocycles. The Morgan fingerprint density at radius 3 is 2.05 bits per heavy atom. The van der Waals surface area contributed by atoms with Gasteiger partial charge in [0.05, 0.1) is 7.11 Å². The lowest BCUT2D eigenvalue weighted by atomic mass is 9.98. The van der Waals surface area contributed by atoms with Crippen LogP contribution in [0.2, 0.25) is 0 Å². The van der Waals surface area contributed by atoms with Gasteiger partial charge in [0.2, 0.25) is 0 Å². The van der Waals surface area contributed by atoms with Crippen LogP contribution in [0.25, 0.3) is 22.3 Å². The SMILES string of the molecule is COc1ccccc1-c1cccc(-c2ccccc2)c1. The summed E-state index contributed by atoms with van der Waals surface area (Å²) in [5.41, 5.74) is 4.73. The highest BCUT2D eigenvalue weighted by atomic mass is 16.5. The molecule has 0 aliphatic heterocycles. The fourth-order valence-corrected chi connectivity index (χ4v) is 2.38. The summed E-state index contributed by atoms with van der Waals surface area (Å²) in [5.74, 6) is 0.901. The van der Waals surface area contributed by atoms with Crippen LogP contribution in [0.15, 0.2) is 78.9 Å². The van der Waals surface area contributed by atoms with Crippen molar-refractivity contribution in [2.24, 2.45) is 0 Å². The van der Waals surface area contributed by atoms with Gasteiger partial charge in [0.25, 0.3) is 0 Å². The molecule has 0 fully saturated rings. The quantitative estimate of drug-likeness (QED) is 0.641. The van der Waals surface area contributed by atoms with Crippen molar-refractivity contribution < 1.29 is 4.74 Å². The van der Waals surface area contributed by atoms with E-state index < -0.39 is 0 Å². The minimum Gasteiger partial charge on any atom is -0.496 e. The molecule has 0 spiro atoms. The van der Waals surface area contributed by atoms with Crippen molar-refractivity contribution in [3.8, 4) is 28.0 Å². The second-order valence-corrected chi connectivity index (χ2v) is 4.65. The summed E-state index contributed by atoms with van der Waals surface area (Å²) in [7, 11) is 1.71. The molecule has 0 heterocycles. The second kappa shape index (κ2) is 5.62. The monoisotopic (exact) mass is 260 g/mol. The highest BCUT2D eigenvalue weighted by Crippen LogP contribution is 2.32. The maximum absolute atomic E-state index is 5.45. The fraction of sp³-hybridized carbons (Fsp3) is 0.0526. The zero-order chi connectivity index (χ0) is 13.8. The van der Waals surface area contributed by atoms with Gasteiger partial charge < -0.3 is 4.74 Å². The molecule has 0 unspecified atom stereocenters. The molecule has 0 atom stereocenters. The van der Waals surface area contributed by atoms with Crippen LogP contribution in [-0.2, 0) is 0 Å². The van der Waals surface area contributed by atoms with Crippen LogP contribution < -0.4 is 4.74 Å². The molecular formula is C19H16O. The van der Waals surface area contributed by atoms with Crippen molar-refractivity contribution in [2.75, 3.05) is 7.11 Å². The highest BCUT2D eigenvalue weighted by Gasteiger charge is 2.05. The Morgan fingerprint density at radius 2 is 1.25 bits per heavy atom. The van der Waals surface area contributed by atoms with Crippen LogP contribution >= 0.6 is 0 Å². The van der Waals surface area contributed by atoms with E-state index in [9.17, 15) is 0 Å². The molecule has 3 aromatic rings. The van der Waals surface area contributed by atoms with E-state index in [4.69, 9.17) is 4.74 Å². The standard InChI is InChI=1S/C19H16O/c1-20-19-13-6-5-12-18(19)17-11-7-10-16(14-17)15-8-3-2-4-9-15/h2-14H,1H3. The lowest BCUT2D eigenvalue weighted by Gasteiger charge is -2.10. The van der Waals surface area contributed by atoms with E-state index in [0.29, 0.717) is 0 Å². The van der Waals surface area contributed by atoms with Crippen molar-refractivity contribution in [3.05, 3.63) is 78.9 Å². The predicted octanol–water partition coefficient (Wildman–Crippen LogP) is 5.03. The van der Waals surface area contributed by atoms with Gasteiger partial charge in [-0.3, -0.25) is 0 Å². The molecule has 1 heteroatoms. The highest BCUT2D eigenvalue weighted by molar-refractivity contribution is 5.76. The summed E-state index contributed by atoms with van der Waals surface area (Å²) in [6.45, 7) is 0. The number of rotatable bonds is 3. The number of ether oxygens (including phenoxy) is 1. The molecule has 20 heavy (non-hydrogen) atoms. The molecular weight excluding hydrogens is 244 g/mol. The normalized spacial score (nSPS) is 10.2. The minimum absolute atomic E-state index is 0.901. The Labute approximate surface area is 119 Å². The third-order valence-corrected chi connectivity index (χ3v) is 3.39. The summed E-state index contributed by atoms with van der Waals surface area (Å²) >= 11 is 0. The van der Waals surface area contributed by atoms with Gasteiger partial charge in [-0.15, -0.1) is 0 Å². The third-order valence-electron chi connectivity index (χ3n) is 3.39. The largest absolute Gasteiger partial charge is 0.496 e. The van der Waals surface area contributed by atoms with Crippen LogP contribution in [0, 0.1) is 0 Å². The Hall–Kier alpha value is -2.54. The van der Waals surface area contributed by atoms with Crippen molar-refractivity contribution in [1.29, 1.82) is 0 Å². The van der Waals surface area contributed by atoms with Gasteiger partial charge >= 0.3 is 0 Å². The number of para-hydroxylation sites is 1. The topological polar surface area (TPSA) is 9.23 Å². The van der Waals surface area contributed by atoms with E-state index in [1.54, 1.807) is 7.11 Å². The summed E-state index contributed by atoms with van der Waals surface area (Å²) in [6.07, 6.45) is 0. The molecule has 98 valence electrons. The van der Waals surface area contributed by atoms with Crippen LogP contribution in [0.4, 0.5) is 0 Å². The smallest absolute Gasteiger partial charge is 0.126 e.